The number of hydrogen-bond acceptors (Lipinski definition) is 6. The van der Waals surface area contributed by atoms with Gasteiger partial charge in [-0.25, -0.2) is 4.98 Å². The molecule has 2 aromatic heterocycles. The van der Waals surface area contributed by atoms with Crippen molar-refractivity contribution in [2.45, 2.75) is 6.92 Å². The Morgan fingerprint density at radius 2 is 2.00 bits per heavy atom. The quantitative estimate of drug-likeness (QED) is 0.776. The Hall–Kier alpha value is -2.34. The minimum atomic E-state index is 0.288. The summed E-state index contributed by atoms with van der Waals surface area (Å²) in [5, 5.41) is 4.35. The van der Waals surface area contributed by atoms with Gasteiger partial charge in [0.1, 0.15) is 10.6 Å². The van der Waals surface area contributed by atoms with Crippen molar-refractivity contribution in [3.63, 3.8) is 0 Å². The molecule has 3 aromatic rings. The molecule has 2 heterocycles. The minimum absolute atomic E-state index is 0.288. The summed E-state index contributed by atoms with van der Waals surface area (Å²) in [6.45, 7) is 2.05. The molecular formula is C15H17N5S. The third-order valence-corrected chi connectivity index (χ3v) is 4.10. The maximum Gasteiger partial charge on any atom is 0.223 e. The van der Waals surface area contributed by atoms with Gasteiger partial charge in [0, 0.05) is 30.3 Å². The lowest BCUT2D eigenvalue weighted by molar-refractivity contribution is 1.13. The van der Waals surface area contributed by atoms with Gasteiger partial charge in [0.25, 0.3) is 0 Å². The number of aryl methyl sites for hydroxylation is 1. The molecule has 0 aliphatic heterocycles. The number of nitrogen functional groups attached to an aromatic ring is 1. The Bertz CT molecular complexity index is 794. The molecular weight excluding hydrogens is 282 g/mol. The van der Waals surface area contributed by atoms with Crippen molar-refractivity contribution < 1.29 is 0 Å². The van der Waals surface area contributed by atoms with Gasteiger partial charge in [-0.15, -0.1) is 11.3 Å². The summed E-state index contributed by atoms with van der Waals surface area (Å²) >= 11 is 1.62. The molecule has 108 valence electrons. The predicted molar refractivity (Wildman–Crippen MR) is 90.6 cm³/mol. The third kappa shape index (κ3) is 2.75. The summed E-state index contributed by atoms with van der Waals surface area (Å²) in [6.07, 6.45) is 0. The van der Waals surface area contributed by atoms with Crippen LogP contribution in [-0.4, -0.2) is 24.1 Å². The van der Waals surface area contributed by atoms with E-state index in [0.717, 1.165) is 27.4 Å². The highest BCUT2D eigenvalue weighted by Gasteiger charge is 2.10. The molecule has 0 saturated heterocycles. The van der Waals surface area contributed by atoms with Crippen LogP contribution in [0.25, 0.3) is 10.2 Å². The average molecular weight is 299 g/mol. The fourth-order valence-corrected chi connectivity index (χ4v) is 3.04. The highest BCUT2D eigenvalue weighted by Crippen LogP contribution is 2.31. The van der Waals surface area contributed by atoms with E-state index in [1.54, 1.807) is 11.3 Å². The molecule has 0 amide bonds. The predicted octanol–water partition coefficient (Wildman–Crippen LogP) is 3.39. The summed E-state index contributed by atoms with van der Waals surface area (Å²) < 4.78 is 0. The molecule has 0 spiro atoms. The molecule has 0 aliphatic rings. The van der Waals surface area contributed by atoms with Crippen LogP contribution in [0.15, 0.2) is 30.3 Å². The van der Waals surface area contributed by atoms with Crippen molar-refractivity contribution in [1.82, 2.24) is 9.97 Å². The van der Waals surface area contributed by atoms with Crippen LogP contribution in [0.1, 0.15) is 4.88 Å². The lowest BCUT2D eigenvalue weighted by atomic mass is 10.2. The highest BCUT2D eigenvalue weighted by atomic mass is 32.1. The molecule has 3 rings (SSSR count). The fourth-order valence-electron chi connectivity index (χ4n) is 2.15. The monoisotopic (exact) mass is 299 g/mol. The number of anilines is 4. The van der Waals surface area contributed by atoms with E-state index in [1.165, 1.54) is 4.88 Å². The number of rotatable bonds is 3. The molecule has 0 atom stereocenters. The van der Waals surface area contributed by atoms with Gasteiger partial charge >= 0.3 is 0 Å². The van der Waals surface area contributed by atoms with Crippen LogP contribution in [0.2, 0.25) is 0 Å². The second-order valence-electron chi connectivity index (χ2n) is 5.08. The molecule has 5 nitrogen and oxygen atoms in total. The second kappa shape index (κ2) is 5.21. The maximum atomic E-state index is 5.80. The molecule has 0 bridgehead atoms. The number of nitrogens with zero attached hydrogens (tertiary/aromatic N) is 3. The summed E-state index contributed by atoms with van der Waals surface area (Å²) in [6, 6.07) is 10.2. The number of benzene rings is 1. The van der Waals surface area contributed by atoms with Crippen molar-refractivity contribution in [3.05, 3.63) is 35.2 Å². The van der Waals surface area contributed by atoms with E-state index in [0.29, 0.717) is 0 Å². The molecule has 0 radical (unpaired) electrons. The molecule has 21 heavy (non-hydrogen) atoms. The number of thiophene rings is 1. The molecule has 1 aromatic carbocycles. The smallest absolute Gasteiger partial charge is 0.223 e. The van der Waals surface area contributed by atoms with Crippen LogP contribution >= 0.6 is 11.3 Å². The summed E-state index contributed by atoms with van der Waals surface area (Å²) in [5.74, 6) is 1.04. The zero-order chi connectivity index (χ0) is 15.0. The number of fused-ring (bicyclic) bond motifs is 1. The molecule has 0 aliphatic carbocycles. The van der Waals surface area contributed by atoms with Crippen LogP contribution in [0.3, 0.4) is 0 Å². The van der Waals surface area contributed by atoms with Crippen molar-refractivity contribution >= 4 is 44.7 Å². The number of hydrogen-bond donors (Lipinski definition) is 2. The van der Waals surface area contributed by atoms with E-state index in [4.69, 9.17) is 5.73 Å². The highest BCUT2D eigenvalue weighted by molar-refractivity contribution is 7.18. The van der Waals surface area contributed by atoms with Crippen molar-refractivity contribution in [2.24, 2.45) is 0 Å². The first-order valence-corrected chi connectivity index (χ1v) is 7.42. The largest absolute Gasteiger partial charge is 0.378 e. The van der Waals surface area contributed by atoms with Gasteiger partial charge in [0.2, 0.25) is 5.95 Å². The van der Waals surface area contributed by atoms with Gasteiger partial charge in [-0.05, 0) is 31.2 Å². The Labute approximate surface area is 127 Å². The van der Waals surface area contributed by atoms with Crippen LogP contribution in [-0.2, 0) is 0 Å². The normalized spacial score (nSPS) is 10.8. The average Bonchev–Trinajstić information content (AvgIpc) is 2.79. The van der Waals surface area contributed by atoms with Crippen LogP contribution in [0.4, 0.5) is 23.1 Å². The van der Waals surface area contributed by atoms with E-state index in [1.807, 2.05) is 26.2 Å². The standard InChI is InChI=1S/C15H17N5S/c1-9-7-12-13(18-15(16)19-14(12)21-9)17-10-5-4-6-11(8-10)20(2)3/h4-8H,1-3H3,(H3,16,17,18,19). The second-order valence-corrected chi connectivity index (χ2v) is 6.31. The van der Waals surface area contributed by atoms with E-state index in [2.05, 4.69) is 45.3 Å². The Morgan fingerprint density at radius 1 is 1.19 bits per heavy atom. The number of nitrogens with one attached hydrogen (secondary N) is 1. The van der Waals surface area contributed by atoms with Gasteiger partial charge in [0.15, 0.2) is 0 Å². The maximum absolute atomic E-state index is 5.80. The summed E-state index contributed by atoms with van der Waals surface area (Å²) in [4.78, 5) is 12.8. The first-order chi connectivity index (χ1) is 10.0. The Balaban J connectivity index is 2.03. The van der Waals surface area contributed by atoms with Gasteiger partial charge < -0.3 is 16.0 Å². The zero-order valence-electron chi connectivity index (χ0n) is 12.2. The lowest BCUT2D eigenvalue weighted by Crippen LogP contribution is -2.08. The van der Waals surface area contributed by atoms with E-state index >= 15 is 0 Å². The Kier molecular flexibility index (Phi) is 3.39. The van der Waals surface area contributed by atoms with Crippen LogP contribution in [0, 0.1) is 6.92 Å². The van der Waals surface area contributed by atoms with Gasteiger partial charge in [-0.2, -0.15) is 4.98 Å². The van der Waals surface area contributed by atoms with Gasteiger partial charge in [-0.1, -0.05) is 6.07 Å². The molecule has 6 heteroatoms. The molecule has 0 fully saturated rings. The van der Waals surface area contributed by atoms with Crippen molar-refractivity contribution in [3.8, 4) is 0 Å². The van der Waals surface area contributed by atoms with E-state index < -0.39 is 0 Å². The van der Waals surface area contributed by atoms with Crippen LogP contribution in [0.5, 0.6) is 0 Å². The molecule has 0 saturated carbocycles. The van der Waals surface area contributed by atoms with E-state index in [-0.39, 0.29) is 5.95 Å². The SMILES string of the molecule is Cc1cc2c(Nc3cccc(N(C)C)c3)nc(N)nc2s1. The topological polar surface area (TPSA) is 67.1 Å². The minimum Gasteiger partial charge on any atom is -0.378 e. The van der Waals surface area contributed by atoms with Gasteiger partial charge in [0.05, 0.1) is 5.39 Å². The first kappa shape index (κ1) is 13.6. The lowest BCUT2D eigenvalue weighted by Gasteiger charge is -2.14. The first-order valence-electron chi connectivity index (χ1n) is 6.61. The van der Waals surface area contributed by atoms with Crippen molar-refractivity contribution in [1.29, 1.82) is 0 Å². The van der Waals surface area contributed by atoms with Gasteiger partial charge in [-0.3, -0.25) is 0 Å². The zero-order valence-corrected chi connectivity index (χ0v) is 13.0. The number of nitrogens with two attached hydrogens (primary N) is 1. The molecule has 0 unspecified atom stereocenters. The summed E-state index contributed by atoms with van der Waals surface area (Å²) in [5.41, 5.74) is 7.90. The summed E-state index contributed by atoms with van der Waals surface area (Å²) in [7, 11) is 4.03. The fraction of sp³-hybridized carbons (Fsp3) is 0.200. The Morgan fingerprint density at radius 3 is 2.76 bits per heavy atom. The van der Waals surface area contributed by atoms with E-state index in [9.17, 15) is 0 Å². The molecule has 3 N–H and O–H groups in total. The third-order valence-electron chi connectivity index (χ3n) is 3.16. The number of aromatic nitrogens is 2. The van der Waals surface area contributed by atoms with Crippen LogP contribution < -0.4 is 16.0 Å². The van der Waals surface area contributed by atoms with Crippen molar-refractivity contribution in [2.75, 3.05) is 30.0 Å².